The summed E-state index contributed by atoms with van der Waals surface area (Å²) in [6.07, 6.45) is 8.78. The summed E-state index contributed by atoms with van der Waals surface area (Å²) in [5, 5.41) is 2.23. The fourth-order valence-corrected chi connectivity index (χ4v) is 8.64. The summed E-state index contributed by atoms with van der Waals surface area (Å²) in [5.74, 6) is 0. The van der Waals surface area contributed by atoms with Crippen LogP contribution in [-0.2, 0) is 5.54 Å². The summed E-state index contributed by atoms with van der Waals surface area (Å²) in [6, 6.07) is 44.0. The molecule has 0 unspecified atom stereocenters. The second-order valence-corrected chi connectivity index (χ2v) is 15.0. The van der Waals surface area contributed by atoms with Gasteiger partial charge in [-0.25, -0.2) is 0 Å². The van der Waals surface area contributed by atoms with Gasteiger partial charge in [-0.05, 0) is 152 Å². The van der Waals surface area contributed by atoms with Crippen LogP contribution in [0.5, 0.6) is 0 Å². The van der Waals surface area contributed by atoms with Crippen LogP contribution in [0.2, 0.25) is 0 Å². The van der Waals surface area contributed by atoms with Crippen molar-refractivity contribution in [3.05, 3.63) is 186 Å². The summed E-state index contributed by atoms with van der Waals surface area (Å²) in [5.41, 5.74) is 19.2. The Kier molecular flexibility index (Phi) is 8.86. The fourth-order valence-electron chi connectivity index (χ4n) is 8.64. The number of aryl methyl sites for hydroxylation is 2. The number of nitrogens with zero attached hydrogens (tertiary/aromatic N) is 1. The highest BCUT2D eigenvalue weighted by Gasteiger charge is 2.35. The van der Waals surface area contributed by atoms with Gasteiger partial charge in [0.1, 0.15) is 11.2 Å². The lowest BCUT2D eigenvalue weighted by Gasteiger charge is -2.43. The molecule has 0 saturated carbocycles. The predicted molar refractivity (Wildman–Crippen MR) is 233 cm³/mol. The van der Waals surface area contributed by atoms with E-state index >= 15 is 0 Å². The molecular weight excluding hydrogens is 655 g/mol. The van der Waals surface area contributed by atoms with E-state index in [0.29, 0.717) is 0 Å². The number of anilines is 1. The second-order valence-electron chi connectivity index (χ2n) is 15.0. The molecule has 0 amide bonds. The van der Waals surface area contributed by atoms with Crippen molar-refractivity contribution in [2.24, 2.45) is 0 Å². The molecule has 54 heavy (non-hydrogen) atoms. The zero-order valence-corrected chi connectivity index (χ0v) is 32.4. The molecule has 1 aliphatic rings. The maximum atomic E-state index is 6.57. The minimum Gasteiger partial charge on any atom is -0.456 e. The van der Waals surface area contributed by atoms with E-state index in [1.807, 2.05) is 0 Å². The van der Waals surface area contributed by atoms with Gasteiger partial charge in [-0.3, -0.25) is 0 Å². The maximum Gasteiger partial charge on any atom is 0.136 e. The van der Waals surface area contributed by atoms with Crippen LogP contribution >= 0.6 is 0 Å². The number of hydrogen-bond acceptors (Lipinski definition) is 2. The Morgan fingerprint density at radius 2 is 1.31 bits per heavy atom. The van der Waals surface area contributed by atoms with Gasteiger partial charge in [-0.1, -0.05) is 116 Å². The van der Waals surface area contributed by atoms with Gasteiger partial charge >= 0.3 is 0 Å². The molecule has 1 aliphatic heterocycles. The van der Waals surface area contributed by atoms with Crippen LogP contribution in [0.4, 0.5) is 5.69 Å². The van der Waals surface area contributed by atoms with Crippen molar-refractivity contribution >= 4 is 38.8 Å². The molecule has 0 spiro atoms. The summed E-state index contributed by atoms with van der Waals surface area (Å²) in [7, 11) is 0. The first-order valence-electron chi connectivity index (χ1n) is 18.9. The smallest absolute Gasteiger partial charge is 0.136 e. The van der Waals surface area contributed by atoms with Crippen molar-refractivity contribution in [1.29, 1.82) is 0 Å². The molecule has 1 aromatic heterocycles. The second kappa shape index (κ2) is 13.7. The third kappa shape index (κ3) is 5.74. The molecule has 266 valence electrons. The quantitative estimate of drug-likeness (QED) is 0.166. The van der Waals surface area contributed by atoms with Crippen molar-refractivity contribution in [3.8, 4) is 33.4 Å². The van der Waals surface area contributed by atoms with Gasteiger partial charge in [0, 0.05) is 27.7 Å². The van der Waals surface area contributed by atoms with E-state index in [0.717, 1.165) is 55.6 Å². The van der Waals surface area contributed by atoms with Crippen molar-refractivity contribution in [3.63, 3.8) is 0 Å². The zero-order valence-electron chi connectivity index (χ0n) is 32.4. The molecule has 2 heterocycles. The molecule has 0 saturated heterocycles. The molecule has 0 bridgehead atoms. The SMILES string of the molecule is C=C1/C=C(\C)c2ccccc2C(C)(C)N(C(/C=C\C)=C/C)c2ccc(-c3cccc4oc5ccc(-c6cccc(C)c6-c6ccccc6C)cc5c34)cc21. The van der Waals surface area contributed by atoms with Crippen LogP contribution in [0.1, 0.15) is 62.4 Å². The maximum absolute atomic E-state index is 6.57. The minimum absolute atomic E-state index is 0.377. The number of furan rings is 1. The average Bonchev–Trinajstić information content (AvgIpc) is 3.56. The van der Waals surface area contributed by atoms with Gasteiger partial charge in [-0.2, -0.15) is 0 Å². The number of fused-ring (bicyclic) bond motifs is 5. The number of benzene rings is 6. The number of allylic oxidation sites excluding steroid dienone is 6. The monoisotopic (exact) mass is 701 g/mol. The highest BCUT2D eigenvalue weighted by atomic mass is 16.3. The Bertz CT molecular complexity index is 2710. The lowest BCUT2D eigenvalue weighted by atomic mass is 9.85. The molecule has 8 rings (SSSR count). The Hall–Kier alpha value is -6.12. The predicted octanol–water partition coefficient (Wildman–Crippen LogP) is 14.9. The third-order valence-corrected chi connectivity index (χ3v) is 11.2. The lowest BCUT2D eigenvalue weighted by Crippen LogP contribution is -2.41. The molecule has 7 aromatic rings. The third-order valence-electron chi connectivity index (χ3n) is 11.2. The lowest BCUT2D eigenvalue weighted by molar-refractivity contribution is 0.520. The average molecular weight is 702 g/mol. The van der Waals surface area contributed by atoms with Gasteiger partial charge in [0.25, 0.3) is 0 Å². The van der Waals surface area contributed by atoms with E-state index in [4.69, 9.17) is 11.0 Å². The molecular formula is C52H47NO. The van der Waals surface area contributed by atoms with E-state index in [2.05, 4.69) is 199 Å². The van der Waals surface area contributed by atoms with Crippen LogP contribution in [0.15, 0.2) is 162 Å². The van der Waals surface area contributed by atoms with Crippen molar-refractivity contribution < 1.29 is 4.42 Å². The van der Waals surface area contributed by atoms with Crippen molar-refractivity contribution in [1.82, 2.24) is 0 Å². The molecule has 0 N–H and O–H groups in total. The largest absolute Gasteiger partial charge is 0.456 e. The highest BCUT2D eigenvalue weighted by Crippen LogP contribution is 2.47. The molecule has 0 atom stereocenters. The van der Waals surface area contributed by atoms with Crippen LogP contribution in [-0.4, -0.2) is 0 Å². The first kappa shape index (κ1) is 34.9. The highest BCUT2D eigenvalue weighted by molar-refractivity contribution is 6.14. The first-order chi connectivity index (χ1) is 26.1. The molecule has 2 heteroatoms. The summed E-state index contributed by atoms with van der Waals surface area (Å²) >= 11 is 0. The van der Waals surface area contributed by atoms with Gasteiger partial charge in [0.15, 0.2) is 0 Å². The molecule has 0 fully saturated rings. The minimum atomic E-state index is -0.377. The normalized spacial score (nSPS) is 15.5. The molecule has 0 radical (unpaired) electrons. The standard InChI is InChI=1S/C52H47NO/c1-9-17-39(10-2)53-47-28-26-37(31-44(47)36(6)30-35(5)40-20-13-14-24-46(40)52(53,7)8)43-23-16-25-49-51(43)45-32-38(27-29-48(45)54-49)42-22-15-19-34(4)50(42)41-21-12-11-18-33(41)3/h9-32H,6H2,1-5,7-8H3/b17-9-,35-30+,39-10+. The van der Waals surface area contributed by atoms with Crippen LogP contribution in [0, 0.1) is 13.8 Å². The van der Waals surface area contributed by atoms with Gasteiger partial charge in [-0.15, -0.1) is 0 Å². The van der Waals surface area contributed by atoms with E-state index in [9.17, 15) is 0 Å². The van der Waals surface area contributed by atoms with E-state index in [1.54, 1.807) is 0 Å². The van der Waals surface area contributed by atoms with Gasteiger partial charge in [0.05, 0.1) is 5.54 Å². The topological polar surface area (TPSA) is 16.4 Å². The Morgan fingerprint density at radius 1 is 0.648 bits per heavy atom. The van der Waals surface area contributed by atoms with E-state index in [1.165, 1.54) is 50.1 Å². The summed E-state index contributed by atoms with van der Waals surface area (Å²) < 4.78 is 6.57. The number of hydrogen-bond donors (Lipinski definition) is 0. The summed E-state index contributed by atoms with van der Waals surface area (Å²) in [6.45, 7) is 20.2. The molecule has 2 nitrogen and oxygen atoms in total. The number of rotatable bonds is 5. The first-order valence-corrected chi connectivity index (χ1v) is 18.9. The van der Waals surface area contributed by atoms with E-state index in [-0.39, 0.29) is 5.54 Å². The van der Waals surface area contributed by atoms with E-state index < -0.39 is 0 Å². The van der Waals surface area contributed by atoms with Gasteiger partial charge in [0.2, 0.25) is 0 Å². The van der Waals surface area contributed by atoms with Crippen LogP contribution in [0.3, 0.4) is 0 Å². The van der Waals surface area contributed by atoms with Crippen LogP contribution < -0.4 is 4.90 Å². The molecule has 0 aliphatic carbocycles. The zero-order chi connectivity index (χ0) is 37.7. The Morgan fingerprint density at radius 3 is 2.09 bits per heavy atom. The fraction of sp³-hybridized carbons (Fsp3) is 0.154. The van der Waals surface area contributed by atoms with Crippen molar-refractivity contribution in [2.45, 2.75) is 54.0 Å². The van der Waals surface area contributed by atoms with Crippen molar-refractivity contribution in [2.75, 3.05) is 4.90 Å². The van der Waals surface area contributed by atoms with Crippen LogP contribution in [0.25, 0.3) is 66.5 Å². The summed E-state index contributed by atoms with van der Waals surface area (Å²) in [4.78, 5) is 2.48. The molecule has 6 aromatic carbocycles. The van der Waals surface area contributed by atoms with Gasteiger partial charge < -0.3 is 9.32 Å². The Balaban J connectivity index is 1.35. The Labute approximate surface area is 320 Å².